The maximum atomic E-state index is 12.8. The highest BCUT2D eigenvalue weighted by atomic mass is 16.5. The molecule has 0 saturated carbocycles. The van der Waals surface area contributed by atoms with Gasteiger partial charge in [-0.25, -0.2) is 0 Å². The monoisotopic (exact) mass is 386 g/mol. The summed E-state index contributed by atoms with van der Waals surface area (Å²) in [6.45, 7) is 3.33. The number of hydrogen-bond donors (Lipinski definition) is 1. The van der Waals surface area contributed by atoms with Gasteiger partial charge >= 0.3 is 0 Å². The molecule has 1 aliphatic rings. The second-order valence-corrected chi connectivity index (χ2v) is 6.62. The SMILES string of the molecule is CCOc1cc(CNC(=O)C2CCCCN2C(=O)c2ccco2)ccc1OC. The number of carbonyl (C=O) groups is 2. The summed E-state index contributed by atoms with van der Waals surface area (Å²) in [5.41, 5.74) is 0.900. The van der Waals surface area contributed by atoms with Crippen LogP contribution in [0.2, 0.25) is 0 Å². The molecule has 0 aliphatic carbocycles. The van der Waals surface area contributed by atoms with Gasteiger partial charge in [0.2, 0.25) is 5.91 Å². The Balaban J connectivity index is 1.66. The van der Waals surface area contributed by atoms with Crippen LogP contribution in [0.25, 0.3) is 0 Å². The number of nitrogens with one attached hydrogen (secondary N) is 1. The number of hydrogen-bond acceptors (Lipinski definition) is 5. The number of furan rings is 1. The second kappa shape index (κ2) is 9.30. The molecule has 7 nitrogen and oxygen atoms in total. The largest absolute Gasteiger partial charge is 0.493 e. The number of likely N-dealkylation sites (tertiary alicyclic amines) is 1. The van der Waals surface area contributed by atoms with Crippen LogP contribution >= 0.6 is 0 Å². The summed E-state index contributed by atoms with van der Waals surface area (Å²) in [6, 6.07) is 8.37. The predicted octanol–water partition coefficient (Wildman–Crippen LogP) is 3.00. The molecular weight excluding hydrogens is 360 g/mol. The smallest absolute Gasteiger partial charge is 0.290 e. The molecule has 1 aromatic carbocycles. The van der Waals surface area contributed by atoms with Gasteiger partial charge in [0.05, 0.1) is 20.0 Å². The van der Waals surface area contributed by atoms with Gasteiger partial charge in [-0.2, -0.15) is 0 Å². The Hall–Kier alpha value is -2.96. The van der Waals surface area contributed by atoms with Gasteiger partial charge in [0, 0.05) is 13.1 Å². The predicted molar refractivity (Wildman–Crippen MR) is 103 cm³/mol. The van der Waals surface area contributed by atoms with Crippen molar-refractivity contribution in [2.45, 2.75) is 38.8 Å². The zero-order valence-corrected chi connectivity index (χ0v) is 16.3. The number of nitrogens with zero attached hydrogens (tertiary/aromatic N) is 1. The lowest BCUT2D eigenvalue weighted by Crippen LogP contribution is -2.51. The van der Waals surface area contributed by atoms with Crippen LogP contribution in [0, 0.1) is 0 Å². The first-order valence-corrected chi connectivity index (χ1v) is 9.56. The average molecular weight is 386 g/mol. The van der Waals surface area contributed by atoms with Crippen LogP contribution < -0.4 is 14.8 Å². The summed E-state index contributed by atoms with van der Waals surface area (Å²) >= 11 is 0. The molecule has 150 valence electrons. The summed E-state index contributed by atoms with van der Waals surface area (Å²) in [5, 5.41) is 2.95. The summed E-state index contributed by atoms with van der Waals surface area (Å²) in [7, 11) is 1.59. The second-order valence-electron chi connectivity index (χ2n) is 6.62. The van der Waals surface area contributed by atoms with Gasteiger partial charge in [-0.05, 0) is 56.0 Å². The third-order valence-corrected chi connectivity index (χ3v) is 4.79. The quantitative estimate of drug-likeness (QED) is 0.791. The highest BCUT2D eigenvalue weighted by molar-refractivity contribution is 5.95. The van der Waals surface area contributed by atoms with Crippen LogP contribution in [0.3, 0.4) is 0 Å². The van der Waals surface area contributed by atoms with Crippen LogP contribution in [0.4, 0.5) is 0 Å². The highest BCUT2D eigenvalue weighted by Crippen LogP contribution is 2.28. The van der Waals surface area contributed by atoms with E-state index in [1.807, 2.05) is 25.1 Å². The van der Waals surface area contributed by atoms with E-state index in [1.165, 1.54) is 6.26 Å². The third kappa shape index (κ3) is 4.47. The van der Waals surface area contributed by atoms with Crippen molar-refractivity contribution in [2.75, 3.05) is 20.3 Å². The topological polar surface area (TPSA) is 81.0 Å². The fourth-order valence-corrected chi connectivity index (χ4v) is 3.40. The molecule has 2 heterocycles. The van der Waals surface area contributed by atoms with Crippen molar-refractivity contribution in [3.8, 4) is 11.5 Å². The first-order valence-electron chi connectivity index (χ1n) is 9.56. The molecule has 0 bridgehead atoms. The van der Waals surface area contributed by atoms with Gasteiger partial charge in [-0.15, -0.1) is 0 Å². The molecule has 7 heteroatoms. The third-order valence-electron chi connectivity index (χ3n) is 4.79. The Morgan fingerprint density at radius 2 is 2.11 bits per heavy atom. The van der Waals surface area contributed by atoms with Gasteiger partial charge in [0.15, 0.2) is 17.3 Å². The Morgan fingerprint density at radius 1 is 1.25 bits per heavy atom. The maximum absolute atomic E-state index is 12.8. The summed E-state index contributed by atoms with van der Waals surface area (Å²) in [5.74, 6) is 1.15. The minimum Gasteiger partial charge on any atom is -0.493 e. The van der Waals surface area contributed by atoms with Crippen molar-refractivity contribution in [3.05, 3.63) is 47.9 Å². The van der Waals surface area contributed by atoms with E-state index in [0.29, 0.717) is 37.6 Å². The maximum Gasteiger partial charge on any atom is 0.290 e. The first kappa shape index (κ1) is 19.8. The fourth-order valence-electron chi connectivity index (χ4n) is 3.40. The molecular formula is C21H26N2O5. The van der Waals surface area contributed by atoms with Crippen LogP contribution in [-0.4, -0.2) is 43.0 Å². The molecule has 1 atom stereocenters. The molecule has 0 spiro atoms. The Morgan fingerprint density at radius 3 is 2.82 bits per heavy atom. The molecule has 1 aliphatic heterocycles. The molecule has 1 unspecified atom stereocenters. The summed E-state index contributed by atoms with van der Waals surface area (Å²) < 4.78 is 16.1. The molecule has 1 saturated heterocycles. The van der Waals surface area contributed by atoms with E-state index in [2.05, 4.69) is 5.32 Å². The minimum absolute atomic E-state index is 0.159. The molecule has 1 N–H and O–H groups in total. The van der Waals surface area contributed by atoms with Gasteiger partial charge in [-0.3, -0.25) is 9.59 Å². The fraction of sp³-hybridized carbons (Fsp3) is 0.429. The number of amides is 2. The van der Waals surface area contributed by atoms with Crippen molar-refractivity contribution in [2.24, 2.45) is 0 Å². The average Bonchev–Trinajstić information content (AvgIpc) is 3.27. The summed E-state index contributed by atoms with van der Waals surface area (Å²) in [6.07, 6.45) is 3.90. The minimum atomic E-state index is -0.490. The Kier molecular flexibility index (Phi) is 6.57. The molecule has 2 aromatic rings. The molecule has 1 fully saturated rings. The van der Waals surface area contributed by atoms with Crippen LogP contribution in [0.15, 0.2) is 41.0 Å². The lowest BCUT2D eigenvalue weighted by Gasteiger charge is -2.34. The van der Waals surface area contributed by atoms with Crippen LogP contribution in [-0.2, 0) is 11.3 Å². The zero-order chi connectivity index (χ0) is 19.9. The van der Waals surface area contributed by atoms with E-state index in [1.54, 1.807) is 24.1 Å². The van der Waals surface area contributed by atoms with E-state index < -0.39 is 6.04 Å². The molecule has 2 amide bonds. The van der Waals surface area contributed by atoms with Crippen LogP contribution in [0.1, 0.15) is 42.3 Å². The van der Waals surface area contributed by atoms with E-state index in [4.69, 9.17) is 13.9 Å². The van der Waals surface area contributed by atoms with Crippen molar-refractivity contribution in [3.63, 3.8) is 0 Å². The molecule has 1 aromatic heterocycles. The lowest BCUT2D eigenvalue weighted by molar-refractivity contribution is -0.126. The first-order chi connectivity index (χ1) is 13.6. The van der Waals surface area contributed by atoms with E-state index in [0.717, 1.165) is 18.4 Å². The molecule has 0 radical (unpaired) electrons. The number of carbonyl (C=O) groups excluding carboxylic acids is 2. The number of piperidine rings is 1. The standard InChI is InChI=1S/C21H26N2O5/c1-3-27-19-13-15(9-10-17(19)26-2)14-22-20(24)16-7-4-5-11-23(16)21(25)18-8-6-12-28-18/h6,8-10,12-13,16H,3-5,7,11,14H2,1-2H3,(H,22,24). The Bertz CT molecular complexity index is 803. The summed E-state index contributed by atoms with van der Waals surface area (Å²) in [4.78, 5) is 27.1. The highest BCUT2D eigenvalue weighted by Gasteiger charge is 2.33. The number of rotatable bonds is 7. The number of ether oxygens (including phenoxy) is 2. The molecule has 3 rings (SSSR count). The van der Waals surface area contributed by atoms with Crippen LogP contribution in [0.5, 0.6) is 11.5 Å². The van der Waals surface area contributed by atoms with E-state index in [-0.39, 0.29) is 17.6 Å². The van der Waals surface area contributed by atoms with Crippen molar-refractivity contribution < 1.29 is 23.5 Å². The number of methoxy groups -OCH3 is 1. The van der Waals surface area contributed by atoms with E-state index in [9.17, 15) is 9.59 Å². The van der Waals surface area contributed by atoms with Crippen molar-refractivity contribution >= 4 is 11.8 Å². The van der Waals surface area contributed by atoms with Gasteiger partial charge in [0.25, 0.3) is 5.91 Å². The van der Waals surface area contributed by atoms with Crippen molar-refractivity contribution in [1.82, 2.24) is 10.2 Å². The van der Waals surface area contributed by atoms with Crippen molar-refractivity contribution in [1.29, 1.82) is 0 Å². The van der Waals surface area contributed by atoms with Gasteiger partial charge in [0.1, 0.15) is 6.04 Å². The molecule has 28 heavy (non-hydrogen) atoms. The van der Waals surface area contributed by atoms with Gasteiger partial charge in [-0.1, -0.05) is 6.07 Å². The van der Waals surface area contributed by atoms with Gasteiger partial charge < -0.3 is 24.1 Å². The van der Waals surface area contributed by atoms with E-state index >= 15 is 0 Å². The zero-order valence-electron chi connectivity index (χ0n) is 16.3. The number of benzene rings is 1. The Labute approximate surface area is 164 Å². The lowest BCUT2D eigenvalue weighted by atomic mass is 10.0. The normalized spacial score (nSPS) is 16.5.